The van der Waals surface area contributed by atoms with Gasteiger partial charge in [-0.2, -0.15) is 0 Å². The summed E-state index contributed by atoms with van der Waals surface area (Å²) in [6.45, 7) is 3.27. The average Bonchev–Trinajstić information content (AvgIpc) is 2.25. The number of rotatable bonds is 4. The molecule has 1 rings (SSSR count). The Morgan fingerprint density at radius 2 is 2.00 bits per heavy atom. The lowest BCUT2D eigenvalue weighted by Crippen LogP contribution is -2.31. The quantitative estimate of drug-likeness (QED) is 0.867. The van der Waals surface area contributed by atoms with Crippen molar-refractivity contribution in [3.63, 3.8) is 0 Å². The van der Waals surface area contributed by atoms with Crippen LogP contribution in [0, 0.1) is 0 Å². The zero-order chi connectivity index (χ0) is 13.7. The van der Waals surface area contributed by atoms with Gasteiger partial charge in [0.15, 0.2) is 0 Å². The summed E-state index contributed by atoms with van der Waals surface area (Å²) in [6.07, 6.45) is -0.214. The first kappa shape index (κ1) is 14.8. The molecule has 0 aliphatic rings. The number of ether oxygens (including phenoxy) is 1. The third-order valence-electron chi connectivity index (χ3n) is 1.94. The van der Waals surface area contributed by atoms with E-state index in [4.69, 9.17) is 27.9 Å². The van der Waals surface area contributed by atoms with Gasteiger partial charge in [-0.3, -0.25) is 9.59 Å². The minimum absolute atomic E-state index is 0.198. The first-order chi connectivity index (χ1) is 8.40. The molecule has 0 atom stereocenters. The maximum Gasteiger partial charge on any atom is 0.325 e. The van der Waals surface area contributed by atoms with Gasteiger partial charge in [0.05, 0.1) is 16.7 Å². The van der Waals surface area contributed by atoms with Crippen LogP contribution in [0.3, 0.4) is 0 Å². The number of carbonyl (C=O) groups excluding carboxylic acids is 2. The van der Waals surface area contributed by atoms with E-state index in [9.17, 15) is 9.59 Å². The molecule has 1 N–H and O–H groups in total. The second-order valence-corrected chi connectivity index (χ2v) is 4.69. The van der Waals surface area contributed by atoms with Gasteiger partial charge < -0.3 is 10.1 Å². The Kier molecular flexibility index (Phi) is 5.44. The Morgan fingerprint density at radius 1 is 1.33 bits per heavy atom. The molecule has 0 radical (unpaired) electrons. The minimum Gasteiger partial charge on any atom is -0.462 e. The summed E-state index contributed by atoms with van der Waals surface area (Å²) in [6, 6.07) is 4.51. The van der Waals surface area contributed by atoms with E-state index in [1.54, 1.807) is 19.9 Å². The molecule has 4 nitrogen and oxygen atoms in total. The molecule has 0 aliphatic heterocycles. The van der Waals surface area contributed by atoms with Crippen LogP contribution in [0.5, 0.6) is 0 Å². The van der Waals surface area contributed by atoms with Gasteiger partial charge in [0.25, 0.3) is 5.91 Å². The lowest BCUT2D eigenvalue weighted by Gasteiger charge is -2.09. The van der Waals surface area contributed by atoms with Crippen LogP contribution in [0.2, 0.25) is 10.0 Å². The molecule has 1 amide bonds. The fraction of sp³-hybridized carbons (Fsp3) is 0.333. The van der Waals surface area contributed by atoms with Crippen molar-refractivity contribution in [2.75, 3.05) is 6.54 Å². The fourth-order valence-corrected chi connectivity index (χ4v) is 1.72. The number of amides is 1. The Morgan fingerprint density at radius 3 is 2.56 bits per heavy atom. The third kappa shape index (κ3) is 4.55. The summed E-state index contributed by atoms with van der Waals surface area (Å²) in [5.74, 6) is -0.944. The topological polar surface area (TPSA) is 55.4 Å². The van der Waals surface area contributed by atoms with Crippen molar-refractivity contribution in [3.8, 4) is 0 Å². The molecule has 0 spiro atoms. The highest BCUT2D eigenvalue weighted by molar-refractivity contribution is 6.36. The minimum atomic E-state index is -0.497. The molecule has 6 heteroatoms. The van der Waals surface area contributed by atoms with Gasteiger partial charge in [-0.25, -0.2) is 0 Å². The SMILES string of the molecule is CC(C)OC(=O)CNC(=O)c1ccc(Cl)cc1Cl. The van der Waals surface area contributed by atoms with E-state index in [-0.39, 0.29) is 23.2 Å². The average molecular weight is 290 g/mol. The molecule has 0 aromatic heterocycles. The van der Waals surface area contributed by atoms with E-state index in [2.05, 4.69) is 5.32 Å². The fourth-order valence-electron chi connectivity index (χ4n) is 1.23. The number of hydrogen-bond acceptors (Lipinski definition) is 3. The summed E-state index contributed by atoms with van der Waals surface area (Å²) in [5, 5.41) is 3.10. The van der Waals surface area contributed by atoms with Gasteiger partial charge in [0.2, 0.25) is 0 Å². The molecule has 0 heterocycles. The molecule has 1 aromatic carbocycles. The van der Waals surface area contributed by atoms with Crippen LogP contribution < -0.4 is 5.32 Å². The molecule has 1 aromatic rings. The van der Waals surface area contributed by atoms with Crippen LogP contribution in [-0.2, 0) is 9.53 Å². The number of nitrogens with one attached hydrogen (secondary N) is 1. The summed E-state index contributed by atoms with van der Waals surface area (Å²) in [5.41, 5.74) is 0.262. The van der Waals surface area contributed by atoms with E-state index in [1.807, 2.05) is 0 Å². The lowest BCUT2D eigenvalue weighted by atomic mass is 10.2. The van der Waals surface area contributed by atoms with E-state index in [0.717, 1.165) is 0 Å². The zero-order valence-corrected chi connectivity index (χ0v) is 11.5. The molecule has 0 fully saturated rings. The molecular formula is C12H13Cl2NO3. The van der Waals surface area contributed by atoms with E-state index in [0.29, 0.717) is 5.02 Å². The summed E-state index contributed by atoms with van der Waals surface area (Å²) in [4.78, 5) is 23.0. The van der Waals surface area contributed by atoms with Crippen molar-refractivity contribution in [1.82, 2.24) is 5.32 Å². The maximum absolute atomic E-state index is 11.7. The van der Waals surface area contributed by atoms with Gasteiger partial charge in [-0.15, -0.1) is 0 Å². The molecule has 0 unspecified atom stereocenters. The van der Waals surface area contributed by atoms with Crippen LogP contribution in [-0.4, -0.2) is 24.5 Å². The number of hydrogen-bond donors (Lipinski definition) is 1. The van der Waals surface area contributed by atoms with Gasteiger partial charge in [-0.1, -0.05) is 23.2 Å². The smallest absolute Gasteiger partial charge is 0.325 e. The van der Waals surface area contributed by atoms with Crippen molar-refractivity contribution >= 4 is 35.1 Å². The molecule has 98 valence electrons. The van der Waals surface area contributed by atoms with Crippen LogP contribution in [0.4, 0.5) is 0 Å². The predicted molar refractivity (Wildman–Crippen MR) is 70.0 cm³/mol. The van der Waals surface area contributed by atoms with E-state index in [1.165, 1.54) is 12.1 Å². The molecule has 0 aliphatic carbocycles. The second kappa shape index (κ2) is 6.61. The largest absolute Gasteiger partial charge is 0.462 e. The summed E-state index contributed by atoms with van der Waals surface area (Å²) < 4.78 is 4.88. The van der Waals surface area contributed by atoms with Crippen molar-refractivity contribution < 1.29 is 14.3 Å². The van der Waals surface area contributed by atoms with Gasteiger partial charge in [-0.05, 0) is 32.0 Å². The van der Waals surface area contributed by atoms with Crippen molar-refractivity contribution in [3.05, 3.63) is 33.8 Å². The van der Waals surface area contributed by atoms with Gasteiger partial charge in [0, 0.05) is 5.02 Å². The number of halogens is 2. The molecule has 0 bridgehead atoms. The molecule has 0 saturated heterocycles. The molecule has 18 heavy (non-hydrogen) atoms. The van der Waals surface area contributed by atoms with E-state index >= 15 is 0 Å². The Bertz CT molecular complexity index is 461. The predicted octanol–water partition coefficient (Wildman–Crippen LogP) is 2.67. The molecular weight excluding hydrogens is 277 g/mol. The second-order valence-electron chi connectivity index (χ2n) is 3.85. The lowest BCUT2D eigenvalue weighted by molar-refractivity contribution is -0.146. The Hall–Kier alpha value is -1.26. The Balaban J connectivity index is 2.58. The highest BCUT2D eigenvalue weighted by Gasteiger charge is 2.13. The third-order valence-corrected chi connectivity index (χ3v) is 2.48. The first-order valence-corrected chi connectivity index (χ1v) is 6.08. The van der Waals surface area contributed by atoms with Gasteiger partial charge in [0.1, 0.15) is 6.54 Å². The Labute approximate surface area is 115 Å². The zero-order valence-electron chi connectivity index (χ0n) is 10.00. The highest BCUT2D eigenvalue weighted by atomic mass is 35.5. The normalized spacial score (nSPS) is 10.3. The standard InChI is InChI=1S/C12H13Cl2NO3/c1-7(2)18-11(16)6-15-12(17)9-4-3-8(13)5-10(9)14/h3-5,7H,6H2,1-2H3,(H,15,17). The number of esters is 1. The first-order valence-electron chi connectivity index (χ1n) is 5.33. The summed E-state index contributed by atoms with van der Waals surface area (Å²) >= 11 is 11.6. The van der Waals surface area contributed by atoms with Crippen molar-refractivity contribution in [2.45, 2.75) is 20.0 Å². The van der Waals surface area contributed by atoms with Crippen molar-refractivity contribution in [1.29, 1.82) is 0 Å². The van der Waals surface area contributed by atoms with Crippen LogP contribution in [0.15, 0.2) is 18.2 Å². The molecule has 0 saturated carbocycles. The monoisotopic (exact) mass is 289 g/mol. The number of carbonyl (C=O) groups is 2. The van der Waals surface area contributed by atoms with Crippen molar-refractivity contribution in [2.24, 2.45) is 0 Å². The highest BCUT2D eigenvalue weighted by Crippen LogP contribution is 2.20. The van der Waals surface area contributed by atoms with Crippen LogP contribution in [0.1, 0.15) is 24.2 Å². The van der Waals surface area contributed by atoms with Crippen LogP contribution in [0.25, 0.3) is 0 Å². The maximum atomic E-state index is 11.7. The van der Waals surface area contributed by atoms with Gasteiger partial charge >= 0.3 is 5.97 Å². The van der Waals surface area contributed by atoms with E-state index < -0.39 is 11.9 Å². The van der Waals surface area contributed by atoms with Crippen LogP contribution >= 0.6 is 23.2 Å². The number of benzene rings is 1. The summed E-state index contributed by atoms with van der Waals surface area (Å²) in [7, 11) is 0.